The number of rotatable bonds is 3. The number of carbonyl (C=O) groups excluding carboxylic acids is 2. The predicted molar refractivity (Wildman–Crippen MR) is 96.3 cm³/mol. The molecule has 2 saturated heterocycles. The highest BCUT2D eigenvalue weighted by Gasteiger charge is 2.45. The normalized spacial score (nSPS) is 24.5. The Bertz CT molecular complexity index is 716. The van der Waals surface area contributed by atoms with Crippen LogP contribution in [0.15, 0.2) is 18.2 Å². The van der Waals surface area contributed by atoms with E-state index in [2.05, 4.69) is 4.74 Å². The second-order valence-corrected chi connectivity index (χ2v) is 8.12. The Balaban J connectivity index is 1.69. The van der Waals surface area contributed by atoms with E-state index in [1.807, 2.05) is 25.7 Å². The van der Waals surface area contributed by atoms with E-state index >= 15 is 0 Å². The molecule has 1 aromatic rings. The summed E-state index contributed by atoms with van der Waals surface area (Å²) in [7, 11) is 1.27. The van der Waals surface area contributed by atoms with Crippen molar-refractivity contribution < 1.29 is 28.2 Å². The van der Waals surface area contributed by atoms with Crippen LogP contribution in [0.5, 0.6) is 5.75 Å². The van der Waals surface area contributed by atoms with Crippen LogP contribution < -0.4 is 4.74 Å². The molecule has 6 nitrogen and oxygen atoms in total. The number of piperidine rings is 1. The summed E-state index contributed by atoms with van der Waals surface area (Å²) in [6.45, 7) is 5.54. The van der Waals surface area contributed by atoms with Crippen LogP contribution >= 0.6 is 0 Å². The van der Waals surface area contributed by atoms with Crippen molar-refractivity contribution in [3.8, 4) is 5.75 Å². The molecule has 27 heavy (non-hydrogen) atoms. The van der Waals surface area contributed by atoms with E-state index in [9.17, 15) is 14.0 Å². The maximum absolute atomic E-state index is 14.1. The second-order valence-electron chi connectivity index (χ2n) is 8.12. The molecule has 3 rings (SSSR count). The van der Waals surface area contributed by atoms with Crippen molar-refractivity contribution in [2.45, 2.75) is 70.2 Å². The molecule has 1 unspecified atom stereocenters. The van der Waals surface area contributed by atoms with Gasteiger partial charge in [-0.05, 0) is 51.8 Å². The molecule has 2 aliphatic rings. The summed E-state index contributed by atoms with van der Waals surface area (Å²) in [6, 6.07) is 3.98. The summed E-state index contributed by atoms with van der Waals surface area (Å²) in [5.74, 6) is -1.03. The van der Waals surface area contributed by atoms with Gasteiger partial charge in [-0.25, -0.2) is 14.0 Å². The summed E-state index contributed by atoms with van der Waals surface area (Å²) in [5.41, 5.74) is -0.301. The highest BCUT2D eigenvalue weighted by atomic mass is 19.1. The zero-order valence-electron chi connectivity index (χ0n) is 16.2. The summed E-state index contributed by atoms with van der Waals surface area (Å²) >= 11 is 0. The lowest BCUT2D eigenvalue weighted by Gasteiger charge is -2.39. The monoisotopic (exact) mass is 379 g/mol. The quantitative estimate of drug-likeness (QED) is 0.745. The minimum atomic E-state index is -0.542. The van der Waals surface area contributed by atoms with E-state index in [1.54, 1.807) is 0 Å². The third kappa shape index (κ3) is 4.34. The van der Waals surface area contributed by atoms with Crippen LogP contribution in [-0.2, 0) is 9.47 Å². The number of esters is 1. The number of benzene rings is 1. The zero-order chi connectivity index (χ0) is 19.8. The lowest BCUT2D eigenvalue weighted by Crippen LogP contribution is -2.50. The Kier molecular flexibility index (Phi) is 5.31. The number of halogens is 1. The standard InChI is InChI=1S/C20H26FNO5/c1-20(2,3)27-19(24)22-13-6-7-14(22)11-15(10-13)26-17-9-12(18(23)25-4)5-8-16(17)21/h5,8-9,13-15H,6-7,10-11H2,1-4H3/t13-,14+,15?. The molecule has 2 heterocycles. The first-order chi connectivity index (χ1) is 12.7. The average molecular weight is 379 g/mol. The molecule has 0 radical (unpaired) electrons. The molecular weight excluding hydrogens is 353 g/mol. The Labute approximate surface area is 158 Å². The summed E-state index contributed by atoms with van der Waals surface area (Å²) < 4.78 is 30.2. The van der Waals surface area contributed by atoms with Gasteiger partial charge in [-0.2, -0.15) is 0 Å². The van der Waals surface area contributed by atoms with E-state index in [0.717, 1.165) is 12.8 Å². The van der Waals surface area contributed by atoms with Crippen LogP contribution in [0, 0.1) is 5.82 Å². The minimum absolute atomic E-state index is 0.0236. The first-order valence-electron chi connectivity index (χ1n) is 9.24. The van der Waals surface area contributed by atoms with Crippen molar-refractivity contribution in [3.05, 3.63) is 29.6 Å². The van der Waals surface area contributed by atoms with Crippen LogP contribution in [0.4, 0.5) is 9.18 Å². The molecule has 0 aliphatic carbocycles. The largest absolute Gasteiger partial charge is 0.487 e. The molecule has 0 spiro atoms. The van der Waals surface area contributed by atoms with Gasteiger partial charge in [0, 0.05) is 24.9 Å². The van der Waals surface area contributed by atoms with Crippen LogP contribution in [0.3, 0.4) is 0 Å². The van der Waals surface area contributed by atoms with E-state index in [1.165, 1.54) is 25.3 Å². The highest BCUT2D eigenvalue weighted by Crippen LogP contribution is 2.38. The van der Waals surface area contributed by atoms with Crippen molar-refractivity contribution in [1.82, 2.24) is 4.90 Å². The number of hydrogen-bond acceptors (Lipinski definition) is 5. The van der Waals surface area contributed by atoms with Gasteiger partial charge in [0.2, 0.25) is 0 Å². The smallest absolute Gasteiger partial charge is 0.410 e. The molecule has 0 saturated carbocycles. The van der Waals surface area contributed by atoms with Gasteiger partial charge >= 0.3 is 12.1 Å². The number of fused-ring (bicyclic) bond motifs is 2. The molecule has 148 valence electrons. The zero-order valence-corrected chi connectivity index (χ0v) is 16.2. The van der Waals surface area contributed by atoms with Gasteiger partial charge < -0.3 is 19.1 Å². The van der Waals surface area contributed by atoms with Crippen molar-refractivity contribution >= 4 is 12.1 Å². The summed E-state index contributed by atoms with van der Waals surface area (Å²) in [4.78, 5) is 26.0. The third-order valence-corrected chi connectivity index (χ3v) is 4.94. The van der Waals surface area contributed by atoms with E-state index in [0.29, 0.717) is 12.8 Å². The Morgan fingerprint density at radius 1 is 1.15 bits per heavy atom. The molecule has 2 bridgehead atoms. The first kappa shape index (κ1) is 19.5. The van der Waals surface area contributed by atoms with E-state index in [-0.39, 0.29) is 35.6 Å². The number of hydrogen-bond donors (Lipinski definition) is 0. The van der Waals surface area contributed by atoms with Crippen LogP contribution in [0.1, 0.15) is 56.8 Å². The average Bonchev–Trinajstić information content (AvgIpc) is 2.86. The number of nitrogens with zero attached hydrogens (tertiary/aromatic N) is 1. The fourth-order valence-electron chi connectivity index (χ4n) is 3.85. The SMILES string of the molecule is COC(=O)c1ccc(F)c(OC2C[C@H]3CC[C@@H](C2)N3C(=O)OC(C)(C)C)c1. The van der Waals surface area contributed by atoms with Crippen molar-refractivity contribution in [2.24, 2.45) is 0 Å². The van der Waals surface area contributed by atoms with Gasteiger partial charge in [0.1, 0.15) is 11.7 Å². The van der Waals surface area contributed by atoms with Gasteiger partial charge in [-0.1, -0.05) is 0 Å². The molecular formula is C20H26FNO5. The van der Waals surface area contributed by atoms with E-state index < -0.39 is 17.4 Å². The minimum Gasteiger partial charge on any atom is -0.487 e. The maximum Gasteiger partial charge on any atom is 0.410 e. The number of amides is 1. The van der Waals surface area contributed by atoms with Crippen molar-refractivity contribution in [2.75, 3.05) is 7.11 Å². The van der Waals surface area contributed by atoms with Crippen molar-refractivity contribution in [3.63, 3.8) is 0 Å². The van der Waals surface area contributed by atoms with Crippen LogP contribution in [-0.4, -0.2) is 47.9 Å². The molecule has 1 amide bonds. The molecule has 2 fully saturated rings. The van der Waals surface area contributed by atoms with E-state index in [4.69, 9.17) is 9.47 Å². The number of methoxy groups -OCH3 is 1. The second kappa shape index (κ2) is 7.37. The molecule has 2 aliphatic heterocycles. The fraction of sp³-hybridized carbons (Fsp3) is 0.600. The van der Waals surface area contributed by atoms with Crippen molar-refractivity contribution in [1.29, 1.82) is 0 Å². The molecule has 3 atom stereocenters. The van der Waals surface area contributed by atoms with Gasteiger partial charge in [0.05, 0.1) is 12.7 Å². The Hall–Kier alpha value is -2.31. The van der Waals surface area contributed by atoms with Crippen LogP contribution in [0.25, 0.3) is 0 Å². The Morgan fingerprint density at radius 3 is 2.33 bits per heavy atom. The molecule has 0 aromatic heterocycles. The Morgan fingerprint density at radius 2 is 1.78 bits per heavy atom. The lowest BCUT2D eigenvalue weighted by atomic mass is 10.00. The van der Waals surface area contributed by atoms with Crippen LogP contribution in [0.2, 0.25) is 0 Å². The summed E-state index contributed by atoms with van der Waals surface area (Å²) in [6.07, 6.45) is 2.47. The first-order valence-corrected chi connectivity index (χ1v) is 9.24. The molecule has 7 heteroatoms. The summed E-state index contributed by atoms with van der Waals surface area (Å²) in [5, 5.41) is 0. The topological polar surface area (TPSA) is 65.1 Å². The molecule has 0 N–H and O–H groups in total. The maximum atomic E-state index is 14.1. The van der Waals surface area contributed by atoms with Gasteiger partial charge in [-0.3, -0.25) is 0 Å². The molecule has 1 aromatic carbocycles. The number of carbonyl (C=O) groups is 2. The highest BCUT2D eigenvalue weighted by molar-refractivity contribution is 5.89. The van der Waals surface area contributed by atoms with Gasteiger partial charge in [-0.15, -0.1) is 0 Å². The third-order valence-electron chi connectivity index (χ3n) is 4.94. The predicted octanol–water partition coefficient (Wildman–Crippen LogP) is 3.92. The fourth-order valence-corrected chi connectivity index (χ4v) is 3.85. The number of ether oxygens (including phenoxy) is 3. The lowest BCUT2D eigenvalue weighted by molar-refractivity contribution is -0.00759. The van der Waals surface area contributed by atoms with Gasteiger partial charge in [0.15, 0.2) is 11.6 Å². The van der Waals surface area contributed by atoms with Gasteiger partial charge in [0.25, 0.3) is 0 Å².